The van der Waals surface area contributed by atoms with Gasteiger partial charge in [0.2, 0.25) is 0 Å². The molecule has 3 N–H and O–H groups in total. The van der Waals surface area contributed by atoms with Gasteiger partial charge in [0.05, 0.1) is 12.2 Å². The van der Waals surface area contributed by atoms with E-state index < -0.39 is 0 Å². The van der Waals surface area contributed by atoms with Crippen LogP contribution >= 0.6 is 11.3 Å². The predicted octanol–water partition coefficient (Wildman–Crippen LogP) is 1.55. The summed E-state index contributed by atoms with van der Waals surface area (Å²) in [6, 6.07) is 3.75. The van der Waals surface area contributed by atoms with E-state index in [0.717, 1.165) is 15.9 Å². The van der Waals surface area contributed by atoms with Crippen LogP contribution in [0.5, 0.6) is 0 Å². The number of terminal acetylenes is 1. The lowest BCUT2D eigenvalue weighted by atomic mass is 10.2. The summed E-state index contributed by atoms with van der Waals surface area (Å²) in [4.78, 5) is 17.4. The Morgan fingerprint density at radius 3 is 3.12 bits per heavy atom. The van der Waals surface area contributed by atoms with Gasteiger partial charge in [-0.15, -0.1) is 17.8 Å². The van der Waals surface area contributed by atoms with Crippen LogP contribution < -0.4 is 11.1 Å². The van der Waals surface area contributed by atoms with E-state index in [9.17, 15) is 4.79 Å². The molecule has 0 bridgehead atoms. The van der Waals surface area contributed by atoms with Crippen LogP contribution in [0.3, 0.4) is 0 Å². The summed E-state index contributed by atoms with van der Waals surface area (Å²) in [5.74, 6) is 2.10. The third-order valence-corrected chi connectivity index (χ3v) is 3.40. The molecule has 0 fully saturated rings. The first-order chi connectivity index (χ1) is 8.13. The maximum absolute atomic E-state index is 11.8. The standard InChI is InChI=1S/C12H11N3OS/c1-3-6-14-11(16)10-9(13)8-5-4-7(2)15-12(8)17-10/h1,4-5H,6,13H2,2H3,(H,14,16). The van der Waals surface area contributed by atoms with Crippen molar-refractivity contribution in [2.75, 3.05) is 12.3 Å². The molecule has 0 spiro atoms. The highest BCUT2D eigenvalue weighted by Crippen LogP contribution is 2.32. The number of hydrogen-bond donors (Lipinski definition) is 2. The average Bonchev–Trinajstić information content (AvgIpc) is 2.63. The molecule has 0 aliphatic heterocycles. The third-order valence-electron chi connectivity index (χ3n) is 2.29. The van der Waals surface area contributed by atoms with E-state index in [2.05, 4.69) is 16.2 Å². The highest BCUT2D eigenvalue weighted by atomic mass is 32.1. The number of hydrogen-bond acceptors (Lipinski definition) is 4. The second-order valence-corrected chi connectivity index (χ2v) is 4.54. The number of thiophene rings is 1. The van der Waals surface area contributed by atoms with Gasteiger partial charge in [0, 0.05) is 11.1 Å². The SMILES string of the molecule is C#CCNC(=O)c1sc2nc(C)ccc2c1N. The van der Waals surface area contributed by atoms with Crippen molar-refractivity contribution in [3.63, 3.8) is 0 Å². The number of nitrogens with one attached hydrogen (secondary N) is 1. The summed E-state index contributed by atoms with van der Waals surface area (Å²) in [5.41, 5.74) is 7.28. The van der Waals surface area contributed by atoms with Crippen LogP contribution in [0.25, 0.3) is 10.2 Å². The normalized spacial score (nSPS) is 10.1. The molecule has 4 nitrogen and oxygen atoms in total. The van der Waals surface area contributed by atoms with Gasteiger partial charge in [-0.3, -0.25) is 4.79 Å². The van der Waals surface area contributed by atoms with Gasteiger partial charge in [-0.25, -0.2) is 4.98 Å². The molecular weight excluding hydrogens is 234 g/mol. The minimum Gasteiger partial charge on any atom is -0.397 e. The third kappa shape index (κ3) is 2.08. The van der Waals surface area contributed by atoms with Gasteiger partial charge in [-0.1, -0.05) is 5.92 Å². The Morgan fingerprint density at radius 1 is 1.65 bits per heavy atom. The molecular formula is C12H11N3OS. The van der Waals surface area contributed by atoms with Gasteiger partial charge < -0.3 is 11.1 Å². The maximum atomic E-state index is 11.8. The zero-order valence-corrected chi connectivity index (χ0v) is 10.1. The number of aromatic nitrogens is 1. The Kier molecular flexibility index (Phi) is 2.98. The van der Waals surface area contributed by atoms with Gasteiger partial charge in [0.15, 0.2) is 0 Å². The van der Waals surface area contributed by atoms with Crippen molar-refractivity contribution in [3.05, 3.63) is 22.7 Å². The van der Waals surface area contributed by atoms with E-state index in [4.69, 9.17) is 12.2 Å². The molecule has 0 unspecified atom stereocenters. The summed E-state index contributed by atoms with van der Waals surface area (Å²) in [6.45, 7) is 2.09. The molecule has 0 radical (unpaired) electrons. The van der Waals surface area contributed by atoms with E-state index in [-0.39, 0.29) is 12.5 Å². The molecule has 0 saturated heterocycles. The molecule has 0 atom stereocenters. The number of carbonyl (C=O) groups excluding carboxylic acids is 1. The second kappa shape index (κ2) is 4.44. The van der Waals surface area contributed by atoms with E-state index in [1.54, 1.807) is 0 Å². The summed E-state index contributed by atoms with van der Waals surface area (Å²) >= 11 is 1.28. The van der Waals surface area contributed by atoms with Crippen LogP contribution in [0.2, 0.25) is 0 Å². The van der Waals surface area contributed by atoms with E-state index in [1.165, 1.54) is 11.3 Å². The van der Waals surface area contributed by atoms with E-state index in [0.29, 0.717) is 10.6 Å². The Bertz CT molecular complexity index is 624. The molecule has 0 aliphatic carbocycles. The zero-order valence-electron chi connectivity index (χ0n) is 9.28. The Balaban J connectivity index is 2.45. The lowest BCUT2D eigenvalue weighted by Crippen LogP contribution is -2.23. The number of amides is 1. The monoisotopic (exact) mass is 245 g/mol. The van der Waals surface area contributed by atoms with Crippen molar-refractivity contribution in [3.8, 4) is 12.3 Å². The summed E-state index contributed by atoms with van der Waals surface area (Å²) in [6.07, 6.45) is 5.08. The molecule has 5 heteroatoms. The summed E-state index contributed by atoms with van der Waals surface area (Å²) in [7, 11) is 0. The molecule has 86 valence electrons. The number of nitrogens with two attached hydrogens (primary N) is 1. The topological polar surface area (TPSA) is 68.0 Å². The first-order valence-electron chi connectivity index (χ1n) is 5.00. The molecule has 2 rings (SSSR count). The summed E-state index contributed by atoms with van der Waals surface area (Å²) in [5, 5.41) is 3.40. The highest BCUT2D eigenvalue weighted by molar-refractivity contribution is 7.21. The number of nitrogens with zero attached hydrogens (tertiary/aromatic N) is 1. The molecule has 2 heterocycles. The van der Waals surface area contributed by atoms with Crippen molar-refractivity contribution in [1.29, 1.82) is 0 Å². The quantitative estimate of drug-likeness (QED) is 0.789. The summed E-state index contributed by atoms with van der Waals surface area (Å²) < 4.78 is 0. The average molecular weight is 245 g/mol. The fourth-order valence-electron chi connectivity index (χ4n) is 1.47. The van der Waals surface area contributed by atoms with Crippen molar-refractivity contribution >= 4 is 33.1 Å². The Morgan fingerprint density at radius 2 is 2.41 bits per heavy atom. The number of fused-ring (bicyclic) bond motifs is 1. The fourth-order valence-corrected chi connectivity index (χ4v) is 2.53. The molecule has 1 amide bonds. The molecule has 0 saturated carbocycles. The molecule has 0 aromatic carbocycles. The second-order valence-electron chi connectivity index (χ2n) is 3.54. The molecule has 2 aromatic heterocycles. The first-order valence-corrected chi connectivity index (χ1v) is 5.82. The van der Waals surface area contributed by atoms with Crippen LogP contribution in [-0.4, -0.2) is 17.4 Å². The van der Waals surface area contributed by atoms with Crippen LogP contribution in [0.15, 0.2) is 12.1 Å². The highest BCUT2D eigenvalue weighted by Gasteiger charge is 2.16. The Hall–Kier alpha value is -2.06. The lowest BCUT2D eigenvalue weighted by molar-refractivity contribution is 0.0963. The zero-order chi connectivity index (χ0) is 12.4. The van der Waals surface area contributed by atoms with Gasteiger partial charge in [-0.2, -0.15) is 0 Å². The first kappa shape index (κ1) is 11.4. The predicted molar refractivity (Wildman–Crippen MR) is 69.9 cm³/mol. The smallest absolute Gasteiger partial charge is 0.264 e. The van der Waals surface area contributed by atoms with Crippen LogP contribution in [0.1, 0.15) is 15.4 Å². The maximum Gasteiger partial charge on any atom is 0.264 e. The van der Waals surface area contributed by atoms with Crippen LogP contribution in [0.4, 0.5) is 5.69 Å². The number of pyridine rings is 1. The largest absolute Gasteiger partial charge is 0.397 e. The van der Waals surface area contributed by atoms with Gasteiger partial charge >= 0.3 is 0 Å². The number of nitrogen functional groups attached to an aromatic ring is 1. The number of anilines is 1. The molecule has 2 aromatic rings. The fraction of sp³-hybridized carbons (Fsp3) is 0.167. The minimum absolute atomic E-state index is 0.193. The number of rotatable bonds is 2. The molecule has 0 aliphatic rings. The van der Waals surface area contributed by atoms with E-state index in [1.807, 2.05) is 19.1 Å². The van der Waals surface area contributed by atoms with Crippen molar-refractivity contribution < 1.29 is 4.79 Å². The van der Waals surface area contributed by atoms with Gasteiger partial charge in [0.1, 0.15) is 9.71 Å². The van der Waals surface area contributed by atoms with Crippen LogP contribution in [-0.2, 0) is 0 Å². The molecule has 17 heavy (non-hydrogen) atoms. The van der Waals surface area contributed by atoms with Crippen molar-refractivity contribution in [1.82, 2.24) is 10.3 Å². The van der Waals surface area contributed by atoms with Gasteiger partial charge in [-0.05, 0) is 19.1 Å². The van der Waals surface area contributed by atoms with Crippen molar-refractivity contribution in [2.45, 2.75) is 6.92 Å². The lowest BCUT2D eigenvalue weighted by Gasteiger charge is -1.98. The van der Waals surface area contributed by atoms with Crippen LogP contribution in [0, 0.1) is 19.3 Å². The minimum atomic E-state index is -0.249. The number of aryl methyl sites for hydroxylation is 1. The Labute approximate surface area is 103 Å². The van der Waals surface area contributed by atoms with Crippen molar-refractivity contribution in [2.24, 2.45) is 0 Å². The number of carbonyl (C=O) groups is 1. The van der Waals surface area contributed by atoms with E-state index >= 15 is 0 Å². The van der Waals surface area contributed by atoms with Gasteiger partial charge in [0.25, 0.3) is 5.91 Å².